The van der Waals surface area contributed by atoms with E-state index in [1.54, 1.807) is 10.9 Å². The molecule has 1 amide bonds. The van der Waals surface area contributed by atoms with Gasteiger partial charge in [-0.05, 0) is 18.2 Å². The molecule has 0 radical (unpaired) electrons. The normalized spacial score (nSPS) is 11.2. The molecule has 0 aliphatic carbocycles. The van der Waals surface area contributed by atoms with E-state index in [0.29, 0.717) is 5.92 Å². The van der Waals surface area contributed by atoms with Crippen LogP contribution in [0.4, 0.5) is 5.69 Å². The molecule has 0 aliphatic rings. The van der Waals surface area contributed by atoms with Gasteiger partial charge in [0, 0.05) is 23.4 Å². The fourth-order valence-electron chi connectivity index (χ4n) is 2.95. The van der Waals surface area contributed by atoms with Crippen molar-refractivity contribution in [3.05, 3.63) is 66.9 Å². The maximum Gasteiger partial charge on any atom is 0.244 e. The number of nitrogens with zero attached hydrogens (tertiary/aromatic N) is 3. The summed E-state index contributed by atoms with van der Waals surface area (Å²) in [5.41, 5.74) is 4.45. The van der Waals surface area contributed by atoms with E-state index in [2.05, 4.69) is 34.1 Å². The van der Waals surface area contributed by atoms with Crippen molar-refractivity contribution in [2.24, 2.45) is 0 Å². The summed E-state index contributed by atoms with van der Waals surface area (Å²) in [6.07, 6.45) is 3.55. The number of carbonyl (C=O) groups excluding carboxylic acids is 1. The standard InChI is InChI=1S/C21H21N5O/c1-14(2)21-24-17-9-8-16(10-18(17)25-21)23-20(27)12-26-11-19(22-13-26)15-6-4-3-5-7-15/h3-11,13-14H,12H2,1-2H3,(H,23,27)(H,24,25). The Balaban J connectivity index is 1.45. The number of carbonyl (C=O) groups is 1. The largest absolute Gasteiger partial charge is 0.342 e. The van der Waals surface area contributed by atoms with E-state index in [1.807, 2.05) is 54.7 Å². The number of nitrogens with one attached hydrogen (secondary N) is 2. The van der Waals surface area contributed by atoms with Gasteiger partial charge in [-0.1, -0.05) is 44.2 Å². The predicted molar refractivity (Wildman–Crippen MR) is 106 cm³/mol. The molecule has 27 heavy (non-hydrogen) atoms. The molecule has 0 unspecified atom stereocenters. The van der Waals surface area contributed by atoms with Gasteiger partial charge in [-0.2, -0.15) is 0 Å². The maximum atomic E-state index is 12.4. The topological polar surface area (TPSA) is 75.6 Å². The molecule has 0 saturated heterocycles. The molecule has 0 fully saturated rings. The van der Waals surface area contributed by atoms with Crippen molar-refractivity contribution in [3.63, 3.8) is 0 Å². The number of hydrogen-bond donors (Lipinski definition) is 2. The van der Waals surface area contributed by atoms with Crippen LogP contribution in [0.5, 0.6) is 0 Å². The van der Waals surface area contributed by atoms with Crippen LogP contribution in [-0.2, 0) is 11.3 Å². The number of aromatic amines is 1. The van der Waals surface area contributed by atoms with E-state index in [4.69, 9.17) is 0 Å². The molecule has 136 valence electrons. The lowest BCUT2D eigenvalue weighted by atomic mass is 10.2. The lowest BCUT2D eigenvalue weighted by molar-refractivity contribution is -0.116. The van der Waals surface area contributed by atoms with E-state index in [-0.39, 0.29) is 12.5 Å². The third kappa shape index (κ3) is 3.74. The second-order valence-corrected chi connectivity index (χ2v) is 6.85. The maximum absolute atomic E-state index is 12.4. The van der Waals surface area contributed by atoms with Gasteiger partial charge in [-0.25, -0.2) is 9.97 Å². The number of H-pyrrole nitrogens is 1. The Morgan fingerprint density at radius 1 is 1.19 bits per heavy atom. The molecule has 2 heterocycles. The number of amides is 1. The first-order valence-electron chi connectivity index (χ1n) is 8.95. The van der Waals surface area contributed by atoms with Gasteiger partial charge in [-0.15, -0.1) is 0 Å². The predicted octanol–water partition coefficient (Wildman–Crippen LogP) is 4.19. The molecule has 2 aromatic carbocycles. The van der Waals surface area contributed by atoms with Crippen molar-refractivity contribution in [2.45, 2.75) is 26.3 Å². The second-order valence-electron chi connectivity index (χ2n) is 6.85. The summed E-state index contributed by atoms with van der Waals surface area (Å²) in [4.78, 5) is 24.6. The summed E-state index contributed by atoms with van der Waals surface area (Å²) in [6, 6.07) is 15.6. The van der Waals surface area contributed by atoms with Gasteiger partial charge >= 0.3 is 0 Å². The van der Waals surface area contributed by atoms with Crippen LogP contribution >= 0.6 is 0 Å². The van der Waals surface area contributed by atoms with Gasteiger partial charge in [-0.3, -0.25) is 4.79 Å². The molecule has 6 nitrogen and oxygen atoms in total. The molecule has 2 N–H and O–H groups in total. The molecule has 4 rings (SSSR count). The zero-order valence-corrected chi connectivity index (χ0v) is 15.3. The number of imidazole rings is 2. The van der Waals surface area contributed by atoms with Crippen molar-refractivity contribution in [2.75, 3.05) is 5.32 Å². The van der Waals surface area contributed by atoms with Crippen LogP contribution in [0.15, 0.2) is 61.1 Å². The Hall–Kier alpha value is -3.41. The number of anilines is 1. The molecule has 0 bridgehead atoms. The quantitative estimate of drug-likeness (QED) is 0.561. The number of rotatable bonds is 5. The molecular formula is C21H21N5O. The first kappa shape index (κ1) is 17.0. The van der Waals surface area contributed by atoms with Crippen LogP contribution in [0.2, 0.25) is 0 Å². The summed E-state index contributed by atoms with van der Waals surface area (Å²) in [5, 5.41) is 2.93. The number of fused-ring (bicyclic) bond motifs is 1. The minimum absolute atomic E-state index is 0.102. The smallest absolute Gasteiger partial charge is 0.244 e. The Morgan fingerprint density at radius 2 is 2.00 bits per heavy atom. The first-order valence-corrected chi connectivity index (χ1v) is 8.95. The number of benzene rings is 2. The Bertz CT molecular complexity index is 1080. The SMILES string of the molecule is CC(C)c1nc2ccc(NC(=O)Cn3cnc(-c4ccccc4)c3)cc2[nH]1. The van der Waals surface area contributed by atoms with Crippen LogP contribution in [0.3, 0.4) is 0 Å². The fourth-order valence-corrected chi connectivity index (χ4v) is 2.95. The minimum atomic E-state index is -0.102. The van der Waals surface area contributed by atoms with E-state index in [9.17, 15) is 4.79 Å². The van der Waals surface area contributed by atoms with Gasteiger partial charge in [0.1, 0.15) is 12.4 Å². The monoisotopic (exact) mass is 359 g/mol. The van der Waals surface area contributed by atoms with Crippen LogP contribution in [-0.4, -0.2) is 25.4 Å². The zero-order chi connectivity index (χ0) is 18.8. The van der Waals surface area contributed by atoms with Crippen molar-refractivity contribution in [1.29, 1.82) is 0 Å². The Kier molecular flexibility index (Phi) is 4.46. The summed E-state index contributed by atoms with van der Waals surface area (Å²) >= 11 is 0. The number of hydrogen-bond acceptors (Lipinski definition) is 3. The molecule has 0 saturated carbocycles. The average molecular weight is 359 g/mol. The van der Waals surface area contributed by atoms with Crippen molar-refractivity contribution in [1.82, 2.24) is 19.5 Å². The molecule has 4 aromatic rings. The van der Waals surface area contributed by atoms with E-state index in [1.165, 1.54) is 0 Å². The van der Waals surface area contributed by atoms with Gasteiger partial charge in [0.25, 0.3) is 0 Å². The number of aromatic nitrogens is 4. The van der Waals surface area contributed by atoms with E-state index >= 15 is 0 Å². The second kappa shape index (κ2) is 7.07. The van der Waals surface area contributed by atoms with Crippen LogP contribution in [0, 0.1) is 0 Å². The molecule has 6 heteroatoms. The highest BCUT2D eigenvalue weighted by molar-refractivity contribution is 5.93. The van der Waals surface area contributed by atoms with Crippen LogP contribution in [0.1, 0.15) is 25.6 Å². The van der Waals surface area contributed by atoms with E-state index < -0.39 is 0 Å². The molecule has 0 aliphatic heterocycles. The van der Waals surface area contributed by atoms with Gasteiger partial charge in [0.2, 0.25) is 5.91 Å². The Morgan fingerprint density at radius 3 is 2.78 bits per heavy atom. The van der Waals surface area contributed by atoms with Crippen LogP contribution < -0.4 is 5.32 Å². The van der Waals surface area contributed by atoms with Crippen molar-refractivity contribution < 1.29 is 4.79 Å². The highest BCUT2D eigenvalue weighted by Gasteiger charge is 2.09. The highest BCUT2D eigenvalue weighted by atomic mass is 16.1. The third-order valence-electron chi connectivity index (χ3n) is 4.36. The fraction of sp³-hybridized carbons (Fsp3) is 0.190. The highest BCUT2D eigenvalue weighted by Crippen LogP contribution is 2.21. The molecule has 0 spiro atoms. The minimum Gasteiger partial charge on any atom is -0.342 e. The van der Waals surface area contributed by atoms with E-state index in [0.717, 1.165) is 33.8 Å². The Labute approximate surface area is 157 Å². The summed E-state index contributed by atoms with van der Waals surface area (Å²) < 4.78 is 1.78. The molecular weight excluding hydrogens is 338 g/mol. The van der Waals surface area contributed by atoms with Gasteiger partial charge in [0.15, 0.2) is 0 Å². The molecule has 0 atom stereocenters. The lowest BCUT2D eigenvalue weighted by Gasteiger charge is -2.05. The van der Waals surface area contributed by atoms with Gasteiger partial charge < -0.3 is 14.9 Å². The lowest BCUT2D eigenvalue weighted by Crippen LogP contribution is -2.17. The summed E-state index contributed by atoms with van der Waals surface area (Å²) in [5.74, 6) is 1.17. The van der Waals surface area contributed by atoms with Crippen LogP contribution in [0.25, 0.3) is 22.3 Å². The van der Waals surface area contributed by atoms with Crippen molar-refractivity contribution >= 4 is 22.6 Å². The summed E-state index contributed by atoms with van der Waals surface area (Å²) in [7, 11) is 0. The van der Waals surface area contributed by atoms with Crippen molar-refractivity contribution in [3.8, 4) is 11.3 Å². The van der Waals surface area contributed by atoms with Gasteiger partial charge in [0.05, 0.1) is 23.1 Å². The average Bonchev–Trinajstić information content (AvgIpc) is 3.29. The summed E-state index contributed by atoms with van der Waals surface area (Å²) in [6.45, 7) is 4.39. The third-order valence-corrected chi connectivity index (χ3v) is 4.36. The molecule has 2 aromatic heterocycles. The zero-order valence-electron chi connectivity index (χ0n) is 15.3. The first-order chi connectivity index (χ1) is 13.1.